The molecule has 5 heteroatoms. The van der Waals surface area contributed by atoms with E-state index < -0.39 is 0 Å². The Morgan fingerprint density at radius 2 is 2.13 bits per heavy atom. The van der Waals surface area contributed by atoms with E-state index in [1.807, 2.05) is 6.20 Å². The molecular weight excluding hydrogens is 304 g/mol. The van der Waals surface area contributed by atoms with Crippen LogP contribution in [0.15, 0.2) is 18.3 Å². The molecule has 1 saturated heterocycles. The summed E-state index contributed by atoms with van der Waals surface area (Å²) in [6.07, 6.45) is 8.69. The van der Waals surface area contributed by atoms with E-state index in [9.17, 15) is 0 Å². The zero-order valence-electron chi connectivity index (χ0n) is 13.4. The number of piperidine rings is 1. The number of thiazole rings is 1. The van der Waals surface area contributed by atoms with E-state index in [2.05, 4.69) is 52.3 Å². The molecule has 0 atom stereocenters. The predicted octanol–water partition coefficient (Wildman–Crippen LogP) is 1.40. The molecule has 4 rings (SSSR count). The van der Waals surface area contributed by atoms with Crippen LogP contribution < -0.4 is 26.4 Å². The van der Waals surface area contributed by atoms with E-state index in [-0.39, 0.29) is 0 Å². The van der Waals surface area contributed by atoms with Gasteiger partial charge in [-0.05, 0) is 50.2 Å². The summed E-state index contributed by atoms with van der Waals surface area (Å²) in [5.41, 5.74) is 2.44. The molecule has 3 heterocycles. The summed E-state index contributed by atoms with van der Waals surface area (Å²) in [7, 11) is 0. The van der Waals surface area contributed by atoms with Gasteiger partial charge in [0.15, 0.2) is 0 Å². The van der Waals surface area contributed by atoms with Crippen molar-refractivity contribution < 1.29 is 0 Å². The molecule has 0 bridgehead atoms. The Hall–Kier alpha value is -1.85. The first kappa shape index (κ1) is 14.7. The Kier molecular flexibility index (Phi) is 4.06. The van der Waals surface area contributed by atoms with Crippen LogP contribution in [0.1, 0.15) is 17.7 Å². The molecule has 2 aliphatic heterocycles. The molecule has 2 aromatic rings. The van der Waals surface area contributed by atoms with Crippen molar-refractivity contribution in [3.05, 3.63) is 33.6 Å². The number of fused-ring (bicyclic) bond motifs is 1. The minimum atomic E-state index is 0.545. The topological polar surface area (TPSA) is 49.0 Å². The Morgan fingerprint density at radius 3 is 2.91 bits per heavy atom. The van der Waals surface area contributed by atoms with Crippen molar-refractivity contribution in [1.29, 1.82) is 0 Å². The molecule has 120 valence electrons. The van der Waals surface area contributed by atoms with Gasteiger partial charge >= 0.3 is 0 Å². The van der Waals surface area contributed by atoms with Crippen LogP contribution >= 0.6 is 11.3 Å². The van der Waals surface area contributed by atoms with Gasteiger partial charge in [0.05, 0.1) is 0 Å². The molecule has 4 nitrogen and oxygen atoms in total. The summed E-state index contributed by atoms with van der Waals surface area (Å²) in [6, 6.07) is 5.07. The first-order chi connectivity index (χ1) is 11.3. The standard InChI is InChI=1S/C18H22N4S/c1-12-10-21-18(23-12)14-8-13-2-5-20-11-16(13)17(9-14)22-15-3-6-19-7-4-15/h2,8-11,15,19-20,22H,3-7H2,1H3. The summed E-state index contributed by atoms with van der Waals surface area (Å²) in [6.45, 7) is 5.19. The number of rotatable bonds is 3. The number of hydrogen-bond donors (Lipinski definition) is 3. The van der Waals surface area contributed by atoms with Gasteiger partial charge in [0.2, 0.25) is 0 Å². The summed E-state index contributed by atoms with van der Waals surface area (Å²) >= 11 is 1.76. The van der Waals surface area contributed by atoms with Crippen molar-refractivity contribution in [2.24, 2.45) is 0 Å². The van der Waals surface area contributed by atoms with Crippen LogP contribution in [0.5, 0.6) is 0 Å². The second-order valence-corrected chi connectivity index (χ2v) is 7.46. The molecule has 0 unspecified atom stereocenters. The third kappa shape index (κ3) is 3.12. The van der Waals surface area contributed by atoms with Gasteiger partial charge < -0.3 is 16.0 Å². The third-order valence-corrected chi connectivity index (χ3v) is 5.43. The molecule has 0 saturated carbocycles. The summed E-state index contributed by atoms with van der Waals surface area (Å²) < 4.78 is 0. The molecule has 0 amide bonds. The molecule has 0 radical (unpaired) electrons. The lowest BCUT2D eigenvalue weighted by atomic mass is 10.0. The highest BCUT2D eigenvalue weighted by molar-refractivity contribution is 7.14. The van der Waals surface area contributed by atoms with Crippen molar-refractivity contribution in [1.82, 2.24) is 15.6 Å². The third-order valence-electron chi connectivity index (χ3n) is 4.47. The van der Waals surface area contributed by atoms with E-state index >= 15 is 0 Å². The summed E-state index contributed by atoms with van der Waals surface area (Å²) in [5, 5.41) is 14.2. The number of nitrogens with one attached hydrogen (secondary N) is 3. The normalized spacial score (nSPS) is 17.6. The van der Waals surface area contributed by atoms with Gasteiger partial charge in [-0.3, -0.25) is 0 Å². The van der Waals surface area contributed by atoms with Gasteiger partial charge in [-0.1, -0.05) is 6.08 Å². The van der Waals surface area contributed by atoms with E-state index in [4.69, 9.17) is 0 Å². The van der Waals surface area contributed by atoms with Gasteiger partial charge in [0, 0.05) is 46.3 Å². The fourth-order valence-corrected chi connectivity index (χ4v) is 4.00. The van der Waals surface area contributed by atoms with E-state index in [0.29, 0.717) is 6.04 Å². The Labute approximate surface area is 140 Å². The maximum atomic E-state index is 4.56. The minimum Gasteiger partial charge on any atom is -0.387 e. The van der Waals surface area contributed by atoms with Crippen LogP contribution in [0.25, 0.3) is 22.8 Å². The van der Waals surface area contributed by atoms with Crippen LogP contribution in [0, 0.1) is 6.92 Å². The zero-order valence-corrected chi connectivity index (χ0v) is 14.2. The van der Waals surface area contributed by atoms with Gasteiger partial charge in [-0.2, -0.15) is 0 Å². The first-order valence-electron chi connectivity index (χ1n) is 8.27. The lowest BCUT2D eigenvalue weighted by Gasteiger charge is -2.25. The van der Waals surface area contributed by atoms with Gasteiger partial charge in [0.25, 0.3) is 0 Å². The Bertz CT molecular complexity index is 818. The fraction of sp³-hybridized carbons (Fsp3) is 0.389. The lowest BCUT2D eigenvalue weighted by molar-refractivity contribution is 0.479. The van der Waals surface area contributed by atoms with E-state index in [1.54, 1.807) is 11.3 Å². The second-order valence-electron chi connectivity index (χ2n) is 6.23. The SMILES string of the molecule is Cc1cnc(-c2cc(NC3CCNCC3)c3c(c2)=CCNC=3)s1. The molecule has 1 fully saturated rings. The number of hydrogen-bond acceptors (Lipinski definition) is 5. The number of nitrogens with zero attached hydrogens (tertiary/aromatic N) is 1. The van der Waals surface area contributed by atoms with Crippen molar-refractivity contribution >= 4 is 29.3 Å². The lowest BCUT2D eigenvalue weighted by Crippen LogP contribution is -2.40. The van der Waals surface area contributed by atoms with Crippen molar-refractivity contribution in [2.75, 3.05) is 25.0 Å². The maximum Gasteiger partial charge on any atom is 0.123 e. The average Bonchev–Trinajstić information content (AvgIpc) is 3.02. The average molecular weight is 326 g/mol. The van der Waals surface area contributed by atoms with Crippen LogP contribution in [0.3, 0.4) is 0 Å². The zero-order chi connectivity index (χ0) is 15.6. The quantitative estimate of drug-likeness (QED) is 0.798. The number of anilines is 1. The molecule has 3 N–H and O–H groups in total. The molecular formula is C18H22N4S. The van der Waals surface area contributed by atoms with Gasteiger partial charge in [-0.25, -0.2) is 4.98 Å². The van der Waals surface area contributed by atoms with E-state index in [0.717, 1.165) is 24.6 Å². The van der Waals surface area contributed by atoms with E-state index in [1.165, 1.54) is 39.4 Å². The largest absolute Gasteiger partial charge is 0.387 e. The molecule has 0 aliphatic carbocycles. The fourth-order valence-electron chi connectivity index (χ4n) is 3.25. The highest BCUT2D eigenvalue weighted by Crippen LogP contribution is 2.25. The molecule has 23 heavy (non-hydrogen) atoms. The molecule has 1 aromatic heterocycles. The van der Waals surface area contributed by atoms with Crippen LogP contribution in [0.4, 0.5) is 5.69 Å². The highest BCUT2D eigenvalue weighted by Gasteiger charge is 2.15. The number of aryl methyl sites for hydroxylation is 1. The summed E-state index contributed by atoms with van der Waals surface area (Å²) in [4.78, 5) is 5.82. The first-order valence-corrected chi connectivity index (χ1v) is 9.09. The smallest absolute Gasteiger partial charge is 0.123 e. The maximum absolute atomic E-state index is 4.56. The van der Waals surface area contributed by atoms with Crippen molar-refractivity contribution in [3.63, 3.8) is 0 Å². The predicted molar refractivity (Wildman–Crippen MR) is 98.0 cm³/mol. The Morgan fingerprint density at radius 1 is 1.26 bits per heavy atom. The number of aromatic nitrogens is 1. The monoisotopic (exact) mass is 326 g/mol. The minimum absolute atomic E-state index is 0.545. The van der Waals surface area contributed by atoms with Crippen molar-refractivity contribution in [2.45, 2.75) is 25.8 Å². The van der Waals surface area contributed by atoms with Crippen molar-refractivity contribution in [3.8, 4) is 10.6 Å². The molecule has 0 spiro atoms. The highest BCUT2D eigenvalue weighted by atomic mass is 32.1. The summed E-state index contributed by atoms with van der Waals surface area (Å²) in [5.74, 6) is 0. The van der Waals surface area contributed by atoms with Gasteiger partial charge in [-0.15, -0.1) is 11.3 Å². The van der Waals surface area contributed by atoms with Crippen LogP contribution in [0.2, 0.25) is 0 Å². The Balaban J connectivity index is 1.77. The van der Waals surface area contributed by atoms with Crippen LogP contribution in [-0.2, 0) is 0 Å². The second kappa shape index (κ2) is 6.34. The molecule has 1 aromatic carbocycles. The van der Waals surface area contributed by atoms with Crippen LogP contribution in [-0.4, -0.2) is 30.7 Å². The molecule has 2 aliphatic rings. The van der Waals surface area contributed by atoms with Gasteiger partial charge in [0.1, 0.15) is 5.01 Å². The number of benzene rings is 1.